The monoisotopic (exact) mass is 292 g/mol. The van der Waals surface area contributed by atoms with Crippen LogP contribution in [0.3, 0.4) is 0 Å². The standard InChI is InChI=1S/C13H13ClN4O2/c14-17-8-7-16(9-13(17)18(19)20)12-6-5-10-3-1-2-4-11(10)15-12/h1-6,13H,7-9H2. The van der Waals surface area contributed by atoms with E-state index in [4.69, 9.17) is 11.8 Å². The first-order valence-corrected chi connectivity index (χ1v) is 6.65. The van der Waals surface area contributed by atoms with Gasteiger partial charge in [0.05, 0.1) is 5.52 Å². The molecule has 1 saturated heterocycles. The number of hydrogen-bond donors (Lipinski definition) is 0. The predicted octanol–water partition coefficient (Wildman–Crippen LogP) is 2.11. The number of anilines is 1. The predicted molar refractivity (Wildman–Crippen MR) is 77.3 cm³/mol. The molecule has 1 aliphatic heterocycles. The molecule has 0 spiro atoms. The van der Waals surface area contributed by atoms with Crippen molar-refractivity contribution in [3.8, 4) is 0 Å². The number of para-hydroxylation sites is 1. The summed E-state index contributed by atoms with van der Waals surface area (Å²) in [5.74, 6) is 0.750. The molecule has 0 radical (unpaired) electrons. The molecule has 2 aromatic rings. The minimum atomic E-state index is -0.904. The van der Waals surface area contributed by atoms with E-state index in [1.807, 2.05) is 41.3 Å². The molecule has 7 heteroatoms. The second-order valence-electron chi connectivity index (χ2n) is 4.70. The van der Waals surface area contributed by atoms with Crippen LogP contribution in [0.4, 0.5) is 5.82 Å². The van der Waals surface area contributed by atoms with Crippen molar-refractivity contribution >= 4 is 28.5 Å². The SMILES string of the molecule is O=[N+]([O-])C1CN(c2ccc3ccccc3n2)CCN1Cl. The topological polar surface area (TPSA) is 62.5 Å². The first-order valence-electron chi connectivity index (χ1n) is 6.32. The number of pyridine rings is 1. The maximum absolute atomic E-state index is 11.0. The molecule has 0 amide bonds. The van der Waals surface area contributed by atoms with Gasteiger partial charge in [0, 0.05) is 23.4 Å². The number of nitrogens with zero attached hydrogens (tertiary/aromatic N) is 4. The molecule has 0 aliphatic carbocycles. The smallest absolute Gasteiger partial charge is 0.298 e. The van der Waals surface area contributed by atoms with Gasteiger partial charge in [0.2, 0.25) is 0 Å². The van der Waals surface area contributed by atoms with E-state index < -0.39 is 6.17 Å². The fraction of sp³-hybridized carbons (Fsp3) is 0.308. The van der Waals surface area contributed by atoms with Crippen LogP contribution in [-0.4, -0.2) is 40.1 Å². The maximum atomic E-state index is 11.0. The summed E-state index contributed by atoms with van der Waals surface area (Å²) in [5, 5.41) is 12.0. The first kappa shape index (κ1) is 13.1. The molecule has 1 aliphatic rings. The van der Waals surface area contributed by atoms with E-state index in [-0.39, 0.29) is 11.5 Å². The third kappa shape index (κ3) is 2.39. The minimum absolute atomic E-state index is 0.238. The number of halogens is 1. The molecule has 1 unspecified atom stereocenters. The maximum Gasteiger partial charge on any atom is 0.298 e. The van der Waals surface area contributed by atoms with Crippen molar-refractivity contribution in [2.75, 3.05) is 24.5 Å². The van der Waals surface area contributed by atoms with Crippen LogP contribution >= 0.6 is 11.8 Å². The summed E-state index contributed by atoms with van der Waals surface area (Å²) in [7, 11) is 0. The lowest BCUT2D eigenvalue weighted by Crippen LogP contribution is -2.53. The Kier molecular flexibility index (Phi) is 3.42. The highest BCUT2D eigenvalue weighted by Gasteiger charge is 2.35. The van der Waals surface area contributed by atoms with Crippen LogP contribution in [-0.2, 0) is 0 Å². The van der Waals surface area contributed by atoms with Crippen molar-refractivity contribution in [2.24, 2.45) is 0 Å². The van der Waals surface area contributed by atoms with E-state index in [9.17, 15) is 10.1 Å². The fourth-order valence-corrected chi connectivity index (χ4v) is 2.56. The molecule has 0 N–H and O–H groups in total. The molecule has 6 nitrogen and oxygen atoms in total. The van der Waals surface area contributed by atoms with Crippen LogP contribution in [0.2, 0.25) is 0 Å². The largest absolute Gasteiger partial charge is 0.347 e. The van der Waals surface area contributed by atoms with Crippen LogP contribution < -0.4 is 4.90 Å². The average molecular weight is 293 g/mol. The summed E-state index contributed by atoms with van der Waals surface area (Å²) < 4.78 is 1.25. The highest BCUT2D eigenvalue weighted by molar-refractivity contribution is 6.13. The molecule has 20 heavy (non-hydrogen) atoms. The molecule has 1 fully saturated rings. The van der Waals surface area contributed by atoms with Gasteiger partial charge in [0.1, 0.15) is 12.4 Å². The summed E-state index contributed by atoms with van der Waals surface area (Å²) in [6.45, 7) is 1.29. The molecule has 2 heterocycles. The van der Waals surface area contributed by atoms with E-state index in [1.165, 1.54) is 4.42 Å². The fourth-order valence-electron chi connectivity index (χ4n) is 2.35. The van der Waals surface area contributed by atoms with Gasteiger partial charge in [-0.2, -0.15) is 4.42 Å². The highest BCUT2D eigenvalue weighted by Crippen LogP contribution is 2.21. The summed E-state index contributed by atoms with van der Waals surface area (Å²) in [4.78, 5) is 17.1. The van der Waals surface area contributed by atoms with Crippen LogP contribution in [0.1, 0.15) is 0 Å². The minimum Gasteiger partial charge on any atom is -0.347 e. The van der Waals surface area contributed by atoms with Crippen LogP contribution in [0.15, 0.2) is 36.4 Å². The van der Waals surface area contributed by atoms with Gasteiger partial charge in [-0.15, -0.1) is 0 Å². The third-order valence-corrected chi connectivity index (χ3v) is 3.84. The summed E-state index contributed by atoms with van der Waals surface area (Å²) >= 11 is 5.87. The molecule has 0 bridgehead atoms. The number of benzene rings is 1. The number of hydrogen-bond acceptors (Lipinski definition) is 5. The van der Waals surface area contributed by atoms with Crippen molar-refractivity contribution in [3.05, 3.63) is 46.5 Å². The van der Waals surface area contributed by atoms with Crippen molar-refractivity contribution < 1.29 is 4.92 Å². The van der Waals surface area contributed by atoms with E-state index in [1.54, 1.807) is 0 Å². The molecule has 1 aromatic heterocycles. The second kappa shape index (κ2) is 5.22. The van der Waals surface area contributed by atoms with Gasteiger partial charge in [-0.1, -0.05) is 18.2 Å². The summed E-state index contributed by atoms with van der Waals surface area (Å²) in [5.41, 5.74) is 0.885. The second-order valence-corrected chi connectivity index (χ2v) is 5.13. The Morgan fingerprint density at radius 3 is 2.85 bits per heavy atom. The lowest BCUT2D eigenvalue weighted by Gasteiger charge is -2.33. The van der Waals surface area contributed by atoms with E-state index in [0.29, 0.717) is 13.1 Å². The van der Waals surface area contributed by atoms with Gasteiger partial charge in [-0.25, -0.2) is 4.98 Å². The Bertz CT molecular complexity index is 651. The van der Waals surface area contributed by atoms with Gasteiger partial charge in [-0.3, -0.25) is 10.1 Å². The lowest BCUT2D eigenvalue weighted by atomic mass is 10.2. The Morgan fingerprint density at radius 2 is 2.05 bits per heavy atom. The normalized spacial score (nSPS) is 20.2. The van der Waals surface area contributed by atoms with Crippen LogP contribution in [0, 0.1) is 10.1 Å². The highest BCUT2D eigenvalue weighted by atomic mass is 35.5. The van der Waals surface area contributed by atoms with Crippen molar-refractivity contribution in [3.63, 3.8) is 0 Å². The summed E-state index contributed by atoms with van der Waals surface area (Å²) in [6.07, 6.45) is -0.904. The zero-order valence-corrected chi connectivity index (χ0v) is 11.4. The summed E-state index contributed by atoms with van der Waals surface area (Å²) in [6, 6.07) is 11.7. The Hall–Kier alpha value is -1.92. The molecule has 3 rings (SSSR count). The van der Waals surface area contributed by atoms with Gasteiger partial charge in [-0.05, 0) is 30.0 Å². The van der Waals surface area contributed by atoms with Crippen molar-refractivity contribution in [1.29, 1.82) is 0 Å². The molecule has 1 aromatic carbocycles. The van der Waals surface area contributed by atoms with Gasteiger partial charge in [0.15, 0.2) is 0 Å². The van der Waals surface area contributed by atoms with E-state index >= 15 is 0 Å². The van der Waals surface area contributed by atoms with Crippen LogP contribution in [0.25, 0.3) is 10.9 Å². The molecule has 0 saturated carbocycles. The van der Waals surface area contributed by atoms with E-state index in [2.05, 4.69) is 4.98 Å². The number of nitro groups is 1. The number of aromatic nitrogens is 1. The van der Waals surface area contributed by atoms with E-state index in [0.717, 1.165) is 16.7 Å². The zero-order chi connectivity index (χ0) is 14.1. The van der Waals surface area contributed by atoms with Crippen molar-refractivity contribution in [2.45, 2.75) is 6.17 Å². The molecular formula is C13H13ClN4O2. The molecule has 104 valence electrons. The Morgan fingerprint density at radius 1 is 1.25 bits per heavy atom. The van der Waals surface area contributed by atoms with Crippen LogP contribution in [0.5, 0.6) is 0 Å². The van der Waals surface area contributed by atoms with Gasteiger partial charge < -0.3 is 4.90 Å². The zero-order valence-electron chi connectivity index (χ0n) is 10.6. The average Bonchev–Trinajstić information content (AvgIpc) is 2.47. The number of rotatable bonds is 2. The van der Waals surface area contributed by atoms with Crippen molar-refractivity contribution in [1.82, 2.24) is 9.40 Å². The van der Waals surface area contributed by atoms with Gasteiger partial charge in [0.25, 0.3) is 6.17 Å². The third-order valence-electron chi connectivity index (χ3n) is 3.44. The molecule has 1 atom stereocenters. The number of fused-ring (bicyclic) bond motifs is 1. The molecular weight excluding hydrogens is 280 g/mol. The Balaban J connectivity index is 1.89. The lowest BCUT2D eigenvalue weighted by molar-refractivity contribution is -0.541. The van der Waals surface area contributed by atoms with Gasteiger partial charge >= 0.3 is 0 Å². The Labute approximate surface area is 120 Å². The quantitative estimate of drug-likeness (QED) is 0.482. The number of piperazine rings is 1. The first-order chi connectivity index (χ1) is 9.65.